The number of rotatable bonds is 5. The van der Waals surface area contributed by atoms with Crippen LogP contribution < -0.4 is 10.0 Å². The molecule has 0 spiro atoms. The average Bonchev–Trinajstić information content (AvgIpc) is 2.59. The first-order valence-corrected chi connectivity index (χ1v) is 8.57. The third kappa shape index (κ3) is 5.22. The minimum absolute atomic E-state index is 0.105. The number of nitrogens with zero attached hydrogens (tertiary/aromatic N) is 1. The molecule has 1 amide bonds. The van der Waals surface area contributed by atoms with Gasteiger partial charge in [-0.05, 0) is 48.5 Å². The van der Waals surface area contributed by atoms with E-state index in [1.807, 2.05) is 6.07 Å². The van der Waals surface area contributed by atoms with Gasteiger partial charge in [0.25, 0.3) is 15.9 Å². The van der Waals surface area contributed by atoms with Crippen molar-refractivity contribution in [2.45, 2.75) is 11.1 Å². The Hall–Kier alpha value is -3.06. The zero-order chi connectivity index (χ0) is 19.4. The summed E-state index contributed by atoms with van der Waals surface area (Å²) in [5.74, 6) is -0.966. The van der Waals surface area contributed by atoms with Crippen molar-refractivity contribution in [2.75, 3.05) is 11.3 Å². The summed E-state index contributed by atoms with van der Waals surface area (Å²) in [6.07, 6.45) is -4.54. The van der Waals surface area contributed by atoms with Gasteiger partial charge in [-0.25, -0.2) is 8.42 Å². The van der Waals surface area contributed by atoms with E-state index in [1.54, 1.807) is 5.32 Å². The third-order valence-corrected chi connectivity index (χ3v) is 4.54. The van der Waals surface area contributed by atoms with Crippen molar-refractivity contribution in [3.05, 3.63) is 59.7 Å². The monoisotopic (exact) mass is 383 g/mol. The summed E-state index contributed by atoms with van der Waals surface area (Å²) in [5.41, 5.74) is 0.490. The molecule has 0 fully saturated rings. The van der Waals surface area contributed by atoms with Crippen LogP contribution in [0.4, 0.5) is 18.9 Å². The second kappa shape index (κ2) is 7.45. The minimum Gasteiger partial charge on any atom is -0.343 e. The van der Waals surface area contributed by atoms with Crippen molar-refractivity contribution < 1.29 is 26.4 Å². The smallest absolute Gasteiger partial charge is 0.343 e. The van der Waals surface area contributed by atoms with Gasteiger partial charge in [0.1, 0.15) is 6.54 Å². The van der Waals surface area contributed by atoms with Crippen LogP contribution in [0.1, 0.15) is 15.9 Å². The van der Waals surface area contributed by atoms with E-state index in [9.17, 15) is 26.4 Å². The predicted octanol–water partition coefficient (Wildman–Crippen LogP) is 2.65. The number of hydrogen-bond donors (Lipinski definition) is 2. The van der Waals surface area contributed by atoms with E-state index in [4.69, 9.17) is 5.26 Å². The first kappa shape index (κ1) is 19.3. The lowest BCUT2D eigenvalue weighted by atomic mass is 10.2. The Kier molecular flexibility index (Phi) is 5.52. The van der Waals surface area contributed by atoms with Crippen LogP contribution in [0.25, 0.3) is 0 Å². The number of benzene rings is 2. The summed E-state index contributed by atoms with van der Waals surface area (Å²) in [5, 5.41) is 10.4. The van der Waals surface area contributed by atoms with E-state index in [2.05, 4.69) is 4.72 Å². The highest BCUT2D eigenvalue weighted by Crippen LogP contribution is 2.18. The van der Waals surface area contributed by atoms with Crippen LogP contribution in [0, 0.1) is 11.3 Å². The molecule has 2 rings (SSSR count). The lowest BCUT2D eigenvalue weighted by molar-refractivity contribution is -0.123. The molecule has 2 aromatic rings. The predicted molar refractivity (Wildman–Crippen MR) is 86.8 cm³/mol. The minimum atomic E-state index is -4.54. The van der Waals surface area contributed by atoms with E-state index in [1.165, 1.54) is 24.3 Å². The van der Waals surface area contributed by atoms with Crippen LogP contribution in [-0.2, 0) is 10.0 Å². The van der Waals surface area contributed by atoms with E-state index in [-0.39, 0.29) is 16.1 Å². The van der Waals surface area contributed by atoms with Crippen LogP contribution in [0.15, 0.2) is 53.4 Å². The van der Waals surface area contributed by atoms with E-state index >= 15 is 0 Å². The maximum absolute atomic E-state index is 12.3. The van der Waals surface area contributed by atoms with Crippen molar-refractivity contribution in [3.8, 4) is 6.07 Å². The molecule has 0 aliphatic carbocycles. The number of anilines is 1. The molecule has 0 aliphatic heterocycles. The summed E-state index contributed by atoms with van der Waals surface area (Å²) in [6, 6.07) is 12.0. The Bertz CT molecular complexity index is 932. The highest BCUT2D eigenvalue weighted by molar-refractivity contribution is 7.92. The first-order valence-electron chi connectivity index (χ1n) is 7.09. The van der Waals surface area contributed by atoms with Gasteiger partial charge < -0.3 is 5.32 Å². The lowest BCUT2D eigenvalue weighted by Gasteiger charge is -2.10. The van der Waals surface area contributed by atoms with E-state index < -0.39 is 28.7 Å². The molecule has 0 heterocycles. The zero-order valence-electron chi connectivity index (χ0n) is 13.0. The molecular weight excluding hydrogens is 371 g/mol. The van der Waals surface area contributed by atoms with Crippen molar-refractivity contribution >= 4 is 21.6 Å². The number of carbonyl (C=O) groups is 1. The maximum atomic E-state index is 12.3. The quantitative estimate of drug-likeness (QED) is 0.829. The fraction of sp³-hybridized carbons (Fsp3) is 0.125. The number of nitriles is 1. The molecule has 10 heteroatoms. The molecule has 2 N–H and O–H groups in total. The third-order valence-electron chi connectivity index (χ3n) is 3.14. The Morgan fingerprint density at radius 1 is 1.04 bits per heavy atom. The Labute approximate surface area is 147 Å². The largest absolute Gasteiger partial charge is 0.405 e. The number of alkyl halides is 3. The molecule has 0 unspecified atom stereocenters. The fourth-order valence-corrected chi connectivity index (χ4v) is 2.95. The number of amides is 1. The molecule has 26 heavy (non-hydrogen) atoms. The van der Waals surface area contributed by atoms with Crippen molar-refractivity contribution in [3.63, 3.8) is 0 Å². The van der Waals surface area contributed by atoms with Crippen LogP contribution in [0.3, 0.4) is 0 Å². The summed E-state index contributed by atoms with van der Waals surface area (Å²) >= 11 is 0. The molecule has 136 valence electrons. The molecule has 0 aliphatic rings. The molecule has 0 aromatic heterocycles. The number of halogens is 3. The topological polar surface area (TPSA) is 99.1 Å². The molecule has 0 atom stereocenters. The maximum Gasteiger partial charge on any atom is 0.405 e. The fourth-order valence-electron chi connectivity index (χ4n) is 1.89. The van der Waals surface area contributed by atoms with E-state index in [0.29, 0.717) is 5.56 Å². The van der Waals surface area contributed by atoms with Crippen LogP contribution >= 0.6 is 0 Å². The van der Waals surface area contributed by atoms with E-state index in [0.717, 1.165) is 24.3 Å². The SMILES string of the molecule is N#Cc1ccc(NS(=O)(=O)c2ccc(C(=O)NCC(F)(F)F)cc2)cc1. The highest BCUT2D eigenvalue weighted by atomic mass is 32.2. The van der Waals surface area contributed by atoms with Crippen LogP contribution in [0.5, 0.6) is 0 Å². The summed E-state index contributed by atoms with van der Waals surface area (Å²) in [4.78, 5) is 11.4. The van der Waals surface area contributed by atoms with Crippen molar-refractivity contribution in [1.29, 1.82) is 5.26 Å². The molecular formula is C16H12F3N3O3S. The van der Waals surface area contributed by atoms with Gasteiger partial charge in [0.05, 0.1) is 16.5 Å². The van der Waals surface area contributed by atoms with Crippen molar-refractivity contribution in [1.82, 2.24) is 5.32 Å². The van der Waals surface area contributed by atoms with Gasteiger partial charge in [0, 0.05) is 11.3 Å². The average molecular weight is 383 g/mol. The molecule has 0 saturated carbocycles. The molecule has 0 radical (unpaired) electrons. The second-order valence-corrected chi connectivity index (χ2v) is 6.80. The first-order chi connectivity index (χ1) is 12.1. The Balaban J connectivity index is 2.10. The van der Waals surface area contributed by atoms with Gasteiger partial charge in [0.15, 0.2) is 0 Å². The number of hydrogen-bond acceptors (Lipinski definition) is 4. The van der Waals surface area contributed by atoms with Gasteiger partial charge in [-0.1, -0.05) is 0 Å². The molecule has 2 aromatic carbocycles. The molecule has 0 bridgehead atoms. The number of carbonyl (C=O) groups excluding carboxylic acids is 1. The number of nitrogens with one attached hydrogen (secondary N) is 2. The molecule has 0 saturated heterocycles. The molecule has 6 nitrogen and oxygen atoms in total. The summed E-state index contributed by atoms with van der Waals surface area (Å²) in [7, 11) is -3.96. The van der Waals surface area contributed by atoms with Gasteiger partial charge >= 0.3 is 6.18 Å². The van der Waals surface area contributed by atoms with Crippen LogP contribution in [-0.4, -0.2) is 27.0 Å². The summed E-state index contributed by atoms with van der Waals surface area (Å²) in [6.45, 7) is -1.48. The number of sulfonamides is 1. The van der Waals surface area contributed by atoms with Gasteiger partial charge in [-0.2, -0.15) is 18.4 Å². The zero-order valence-corrected chi connectivity index (χ0v) is 13.9. The Morgan fingerprint density at radius 3 is 2.12 bits per heavy atom. The van der Waals surface area contributed by atoms with Gasteiger partial charge in [-0.15, -0.1) is 0 Å². The second-order valence-electron chi connectivity index (χ2n) is 5.12. The van der Waals surface area contributed by atoms with Gasteiger partial charge in [0.2, 0.25) is 0 Å². The summed E-state index contributed by atoms with van der Waals surface area (Å²) < 4.78 is 63.1. The lowest BCUT2D eigenvalue weighted by Crippen LogP contribution is -2.33. The van der Waals surface area contributed by atoms with Crippen LogP contribution in [0.2, 0.25) is 0 Å². The van der Waals surface area contributed by atoms with Crippen molar-refractivity contribution in [2.24, 2.45) is 0 Å². The standard InChI is InChI=1S/C16H12F3N3O3S/c17-16(18,19)10-21-15(23)12-3-7-14(8-4-12)26(24,25)22-13-5-1-11(9-20)2-6-13/h1-8,22H,10H2,(H,21,23). The normalized spacial score (nSPS) is 11.5. The van der Waals surface area contributed by atoms with Gasteiger partial charge in [-0.3, -0.25) is 9.52 Å². The highest BCUT2D eigenvalue weighted by Gasteiger charge is 2.28. The Morgan fingerprint density at radius 2 is 1.62 bits per heavy atom.